The Kier molecular flexibility index (Phi) is 3.34. The number of nitrogens with two attached hydrogens (primary N) is 1. The molecule has 0 saturated heterocycles. The number of carbonyl (C=O) groups is 1. The Morgan fingerprint density at radius 3 is 2.87 bits per heavy atom. The second kappa shape index (κ2) is 4.51. The molecular weight excluding hydrogens is 204 g/mol. The van der Waals surface area contributed by atoms with Gasteiger partial charge in [-0.3, -0.25) is 19.6 Å². The molecule has 0 saturated carbocycles. The van der Waals surface area contributed by atoms with E-state index in [0.29, 0.717) is 13.2 Å². The van der Waals surface area contributed by atoms with E-state index >= 15 is 0 Å². The summed E-state index contributed by atoms with van der Waals surface area (Å²) in [6.07, 6.45) is 1.15. The summed E-state index contributed by atoms with van der Waals surface area (Å²) in [5, 5.41) is 14.2. The topological polar surface area (TPSA) is 113 Å². The lowest BCUT2D eigenvalue weighted by Gasteiger charge is -1.97. The van der Waals surface area contributed by atoms with E-state index in [-0.39, 0.29) is 5.69 Å². The maximum absolute atomic E-state index is 10.8. The average molecular weight is 214 g/mol. The van der Waals surface area contributed by atoms with Gasteiger partial charge in [0.15, 0.2) is 0 Å². The van der Waals surface area contributed by atoms with Crippen LogP contribution in [0.2, 0.25) is 0 Å². The molecule has 0 aromatic carbocycles. The predicted octanol–water partition coefficient (Wildman–Crippen LogP) is -0.463. The largest absolute Gasteiger partial charge is 0.383 e. The molecule has 0 aliphatic rings. The van der Waals surface area contributed by atoms with Crippen molar-refractivity contribution in [3.63, 3.8) is 0 Å². The monoisotopic (exact) mass is 214 g/mol. The van der Waals surface area contributed by atoms with Gasteiger partial charge in [0, 0.05) is 7.11 Å². The third-order valence-corrected chi connectivity index (χ3v) is 1.70. The second-order valence-electron chi connectivity index (χ2n) is 2.74. The zero-order valence-corrected chi connectivity index (χ0v) is 8.04. The summed E-state index contributed by atoms with van der Waals surface area (Å²) >= 11 is 0. The SMILES string of the molecule is COCCn1cc([N+](=O)[O-])c(C(N)=O)n1. The minimum absolute atomic E-state index is 0.324. The molecule has 0 aliphatic heterocycles. The minimum atomic E-state index is -0.919. The van der Waals surface area contributed by atoms with E-state index in [2.05, 4.69) is 5.10 Å². The maximum Gasteiger partial charge on any atom is 0.320 e. The lowest BCUT2D eigenvalue weighted by Crippen LogP contribution is -2.14. The van der Waals surface area contributed by atoms with Crippen molar-refractivity contribution >= 4 is 11.6 Å². The van der Waals surface area contributed by atoms with E-state index in [1.165, 1.54) is 11.8 Å². The number of carbonyl (C=O) groups excluding carboxylic acids is 1. The van der Waals surface area contributed by atoms with Gasteiger partial charge < -0.3 is 10.5 Å². The Morgan fingerprint density at radius 2 is 2.47 bits per heavy atom. The van der Waals surface area contributed by atoms with E-state index in [9.17, 15) is 14.9 Å². The van der Waals surface area contributed by atoms with Crippen LogP contribution in [0, 0.1) is 10.1 Å². The standard InChI is InChI=1S/C7H10N4O4/c1-15-3-2-10-4-5(11(13)14)6(9-10)7(8)12/h4H,2-3H2,1H3,(H2,8,12). The maximum atomic E-state index is 10.8. The zero-order chi connectivity index (χ0) is 11.4. The molecule has 0 aliphatic carbocycles. The normalized spacial score (nSPS) is 10.2. The molecule has 0 fully saturated rings. The molecule has 1 heterocycles. The number of amides is 1. The number of aromatic nitrogens is 2. The summed E-state index contributed by atoms with van der Waals surface area (Å²) in [6.45, 7) is 0.668. The zero-order valence-electron chi connectivity index (χ0n) is 8.04. The number of primary amides is 1. The molecular formula is C7H10N4O4. The summed E-state index contributed by atoms with van der Waals surface area (Å²) in [5.41, 5.74) is 4.22. The number of rotatable bonds is 5. The molecule has 0 spiro atoms. The van der Waals surface area contributed by atoms with Crippen molar-refractivity contribution < 1.29 is 14.5 Å². The van der Waals surface area contributed by atoms with Gasteiger partial charge >= 0.3 is 5.69 Å². The molecule has 82 valence electrons. The van der Waals surface area contributed by atoms with Crippen molar-refractivity contribution in [1.82, 2.24) is 9.78 Å². The smallest absolute Gasteiger partial charge is 0.320 e. The molecule has 8 nitrogen and oxygen atoms in total. The summed E-state index contributed by atoms with van der Waals surface area (Å²) in [5.74, 6) is -0.919. The fourth-order valence-corrected chi connectivity index (χ4v) is 1.02. The third-order valence-electron chi connectivity index (χ3n) is 1.70. The molecule has 0 unspecified atom stereocenters. The van der Waals surface area contributed by atoms with Crippen molar-refractivity contribution in [1.29, 1.82) is 0 Å². The summed E-state index contributed by atoms with van der Waals surface area (Å²) in [4.78, 5) is 20.7. The highest BCUT2D eigenvalue weighted by Crippen LogP contribution is 2.15. The first-order chi connectivity index (χ1) is 7.06. The lowest BCUT2D eigenvalue weighted by molar-refractivity contribution is -0.385. The van der Waals surface area contributed by atoms with Gasteiger partial charge in [0.05, 0.1) is 18.1 Å². The van der Waals surface area contributed by atoms with Gasteiger partial charge in [0.25, 0.3) is 5.91 Å². The molecule has 1 amide bonds. The van der Waals surface area contributed by atoms with Crippen molar-refractivity contribution in [2.24, 2.45) is 5.73 Å². The Labute approximate surface area is 84.8 Å². The van der Waals surface area contributed by atoms with E-state index in [1.807, 2.05) is 0 Å². The van der Waals surface area contributed by atoms with Gasteiger partial charge in [-0.05, 0) is 0 Å². The Hall–Kier alpha value is -1.96. The van der Waals surface area contributed by atoms with Crippen molar-refractivity contribution in [3.05, 3.63) is 22.0 Å². The van der Waals surface area contributed by atoms with Crippen LogP contribution in [0.25, 0.3) is 0 Å². The molecule has 1 rings (SSSR count). The number of ether oxygens (including phenoxy) is 1. The van der Waals surface area contributed by atoms with Crippen molar-refractivity contribution in [2.75, 3.05) is 13.7 Å². The van der Waals surface area contributed by atoms with E-state index in [1.54, 1.807) is 0 Å². The van der Waals surface area contributed by atoms with Crippen LogP contribution >= 0.6 is 0 Å². The van der Waals surface area contributed by atoms with Gasteiger partial charge in [-0.25, -0.2) is 0 Å². The molecule has 15 heavy (non-hydrogen) atoms. The number of methoxy groups -OCH3 is 1. The summed E-state index contributed by atoms with van der Waals surface area (Å²) in [7, 11) is 1.49. The Morgan fingerprint density at radius 1 is 1.80 bits per heavy atom. The van der Waals surface area contributed by atoms with Gasteiger partial charge in [-0.15, -0.1) is 0 Å². The Bertz CT molecular complexity index is 355. The van der Waals surface area contributed by atoms with Crippen LogP contribution in [0.4, 0.5) is 5.69 Å². The van der Waals surface area contributed by atoms with Crippen LogP contribution in [0.1, 0.15) is 10.5 Å². The first-order valence-electron chi connectivity index (χ1n) is 4.07. The second-order valence-corrected chi connectivity index (χ2v) is 2.74. The van der Waals surface area contributed by atoms with Gasteiger partial charge in [0.1, 0.15) is 6.20 Å². The first-order valence-corrected chi connectivity index (χ1v) is 4.07. The fourth-order valence-electron chi connectivity index (χ4n) is 1.02. The van der Waals surface area contributed by atoms with Crippen molar-refractivity contribution in [3.8, 4) is 0 Å². The summed E-state index contributed by atoms with van der Waals surface area (Å²) in [6, 6.07) is 0. The molecule has 1 aromatic heterocycles. The molecule has 8 heteroatoms. The number of hydrogen-bond acceptors (Lipinski definition) is 5. The van der Waals surface area contributed by atoms with Gasteiger partial charge in [-0.2, -0.15) is 5.10 Å². The molecule has 2 N–H and O–H groups in total. The predicted molar refractivity (Wildman–Crippen MR) is 49.3 cm³/mol. The third kappa shape index (κ3) is 2.50. The van der Waals surface area contributed by atoms with E-state index in [4.69, 9.17) is 10.5 Å². The number of nitrogens with zero attached hydrogens (tertiary/aromatic N) is 3. The average Bonchev–Trinajstić information content (AvgIpc) is 2.58. The van der Waals surface area contributed by atoms with Crippen LogP contribution in [-0.2, 0) is 11.3 Å². The Balaban J connectivity index is 2.98. The minimum Gasteiger partial charge on any atom is -0.383 e. The van der Waals surface area contributed by atoms with Gasteiger partial charge in [-0.1, -0.05) is 0 Å². The van der Waals surface area contributed by atoms with Crippen LogP contribution in [0.5, 0.6) is 0 Å². The van der Waals surface area contributed by atoms with E-state index in [0.717, 1.165) is 6.20 Å². The molecule has 1 aromatic rings. The molecule has 0 radical (unpaired) electrons. The van der Waals surface area contributed by atoms with Crippen LogP contribution < -0.4 is 5.73 Å². The lowest BCUT2D eigenvalue weighted by atomic mass is 10.4. The van der Waals surface area contributed by atoms with Crippen LogP contribution in [0.15, 0.2) is 6.20 Å². The molecule has 0 atom stereocenters. The fraction of sp³-hybridized carbons (Fsp3) is 0.429. The quantitative estimate of drug-likeness (QED) is 0.526. The van der Waals surface area contributed by atoms with Crippen LogP contribution in [0.3, 0.4) is 0 Å². The highest BCUT2D eigenvalue weighted by Gasteiger charge is 2.23. The number of hydrogen-bond donors (Lipinski definition) is 1. The summed E-state index contributed by atoms with van der Waals surface area (Å²) < 4.78 is 6.02. The van der Waals surface area contributed by atoms with E-state index < -0.39 is 16.5 Å². The van der Waals surface area contributed by atoms with Gasteiger partial charge in [0.2, 0.25) is 5.69 Å². The molecule has 0 bridgehead atoms. The first kappa shape index (κ1) is 11.1. The van der Waals surface area contributed by atoms with Crippen LogP contribution in [-0.4, -0.2) is 34.3 Å². The highest BCUT2D eigenvalue weighted by atomic mass is 16.6. The number of nitro groups is 1. The van der Waals surface area contributed by atoms with Crippen molar-refractivity contribution in [2.45, 2.75) is 6.54 Å². The highest BCUT2D eigenvalue weighted by molar-refractivity contribution is 5.94.